The molecule has 0 saturated heterocycles. The molecular weight excluding hydrogens is 250 g/mol. The lowest BCUT2D eigenvalue weighted by molar-refractivity contribution is 0.177. The first kappa shape index (κ1) is 13.7. The zero-order valence-corrected chi connectivity index (χ0v) is 10.7. The lowest BCUT2D eigenvalue weighted by Crippen LogP contribution is -2.03. The molecule has 0 bridgehead atoms. The van der Waals surface area contributed by atoms with Crippen molar-refractivity contribution < 1.29 is 13.9 Å². The summed E-state index contributed by atoms with van der Waals surface area (Å²) in [6, 6.07) is 3.36. The van der Waals surface area contributed by atoms with Gasteiger partial charge in [0.05, 0.1) is 12.3 Å². The molecule has 0 saturated carbocycles. The third-order valence-electron chi connectivity index (χ3n) is 2.92. The fraction of sp³-hybridized carbons (Fsp3) is 0.357. The summed E-state index contributed by atoms with van der Waals surface area (Å²) in [6.07, 6.45) is 3.52. The number of aryl methyl sites for hydroxylation is 1. The third kappa shape index (κ3) is 3.38. The van der Waals surface area contributed by atoms with Crippen LogP contribution in [0.5, 0.6) is 0 Å². The van der Waals surface area contributed by atoms with Gasteiger partial charge in [-0.05, 0) is 18.1 Å². The van der Waals surface area contributed by atoms with Crippen molar-refractivity contribution >= 4 is 0 Å². The van der Waals surface area contributed by atoms with Gasteiger partial charge in [-0.3, -0.25) is 4.68 Å². The summed E-state index contributed by atoms with van der Waals surface area (Å²) in [4.78, 5) is 0. The van der Waals surface area contributed by atoms with Gasteiger partial charge >= 0.3 is 0 Å². The van der Waals surface area contributed by atoms with Gasteiger partial charge in [-0.2, -0.15) is 5.10 Å². The molecular formula is C14H16F2N2O. The Morgan fingerprint density at radius 3 is 2.84 bits per heavy atom. The smallest absolute Gasteiger partial charge is 0.129 e. The first-order valence-electron chi connectivity index (χ1n) is 6.24. The van der Waals surface area contributed by atoms with Crippen LogP contribution >= 0.6 is 0 Å². The second kappa shape index (κ2) is 5.93. The highest BCUT2D eigenvalue weighted by Crippen LogP contribution is 2.20. The maximum Gasteiger partial charge on any atom is 0.129 e. The number of aliphatic hydroxyl groups excluding tert-OH is 1. The molecule has 2 rings (SSSR count). The summed E-state index contributed by atoms with van der Waals surface area (Å²) >= 11 is 0. The van der Waals surface area contributed by atoms with Gasteiger partial charge in [0.1, 0.15) is 11.6 Å². The molecule has 0 radical (unpaired) electrons. The minimum Gasteiger partial charge on any atom is -0.388 e. The highest BCUT2D eigenvalue weighted by Gasteiger charge is 2.14. The molecule has 1 heterocycles. The predicted molar refractivity (Wildman–Crippen MR) is 67.5 cm³/mol. The Labute approximate surface area is 110 Å². The van der Waals surface area contributed by atoms with Crippen molar-refractivity contribution in [2.24, 2.45) is 0 Å². The summed E-state index contributed by atoms with van der Waals surface area (Å²) in [5.41, 5.74) is 0.925. The van der Waals surface area contributed by atoms with Gasteiger partial charge < -0.3 is 5.11 Å². The van der Waals surface area contributed by atoms with Crippen molar-refractivity contribution in [3.05, 3.63) is 53.4 Å². The van der Waals surface area contributed by atoms with E-state index in [1.807, 2.05) is 6.92 Å². The number of hydrogen-bond donors (Lipinski definition) is 1. The maximum absolute atomic E-state index is 13.5. The second-order valence-electron chi connectivity index (χ2n) is 4.49. The van der Waals surface area contributed by atoms with Crippen LogP contribution in [0.4, 0.5) is 8.78 Å². The highest BCUT2D eigenvalue weighted by molar-refractivity contribution is 5.21. The minimum atomic E-state index is -0.842. The summed E-state index contributed by atoms with van der Waals surface area (Å²) in [5, 5.41) is 14.1. The van der Waals surface area contributed by atoms with Crippen molar-refractivity contribution in [3.8, 4) is 0 Å². The summed E-state index contributed by atoms with van der Waals surface area (Å²) in [7, 11) is 0. The lowest BCUT2D eigenvalue weighted by Gasteiger charge is -2.09. The Morgan fingerprint density at radius 1 is 1.37 bits per heavy atom. The molecule has 19 heavy (non-hydrogen) atoms. The van der Waals surface area contributed by atoms with E-state index in [-0.39, 0.29) is 12.0 Å². The van der Waals surface area contributed by atoms with Gasteiger partial charge in [0.25, 0.3) is 0 Å². The van der Waals surface area contributed by atoms with Crippen LogP contribution in [-0.4, -0.2) is 14.9 Å². The van der Waals surface area contributed by atoms with Gasteiger partial charge in [-0.25, -0.2) is 8.78 Å². The van der Waals surface area contributed by atoms with Gasteiger partial charge in [0.15, 0.2) is 0 Å². The van der Waals surface area contributed by atoms with E-state index in [4.69, 9.17) is 0 Å². The average molecular weight is 266 g/mol. The van der Waals surface area contributed by atoms with E-state index in [1.54, 1.807) is 17.1 Å². The van der Waals surface area contributed by atoms with E-state index in [0.29, 0.717) is 5.56 Å². The predicted octanol–water partition coefficient (Wildman–Crippen LogP) is 2.85. The normalized spacial score (nSPS) is 12.6. The molecule has 102 valence electrons. The lowest BCUT2D eigenvalue weighted by atomic mass is 10.0. The van der Waals surface area contributed by atoms with Crippen molar-refractivity contribution in [3.63, 3.8) is 0 Å². The van der Waals surface area contributed by atoms with Gasteiger partial charge in [-0.15, -0.1) is 0 Å². The molecule has 1 aromatic heterocycles. The van der Waals surface area contributed by atoms with Crippen molar-refractivity contribution in [2.75, 3.05) is 0 Å². The summed E-state index contributed by atoms with van der Waals surface area (Å²) < 4.78 is 28.0. The first-order chi connectivity index (χ1) is 9.10. The Bertz CT molecular complexity index is 554. The van der Waals surface area contributed by atoms with Crippen LogP contribution in [0, 0.1) is 11.6 Å². The molecule has 0 amide bonds. The van der Waals surface area contributed by atoms with E-state index < -0.39 is 17.7 Å². The molecule has 0 fully saturated rings. The molecule has 1 aromatic carbocycles. The summed E-state index contributed by atoms with van der Waals surface area (Å²) in [5.74, 6) is -1.26. The molecule has 1 unspecified atom stereocenters. The number of aliphatic hydroxyl groups is 1. The van der Waals surface area contributed by atoms with Gasteiger partial charge in [0, 0.05) is 30.8 Å². The Balaban J connectivity index is 2.09. The van der Waals surface area contributed by atoms with E-state index in [2.05, 4.69) is 5.10 Å². The van der Waals surface area contributed by atoms with Gasteiger partial charge in [-0.1, -0.05) is 13.0 Å². The van der Waals surface area contributed by atoms with Crippen LogP contribution in [0.2, 0.25) is 0 Å². The monoisotopic (exact) mass is 266 g/mol. The van der Waals surface area contributed by atoms with E-state index >= 15 is 0 Å². The number of nitrogens with zero attached hydrogens (tertiary/aromatic N) is 2. The van der Waals surface area contributed by atoms with Crippen molar-refractivity contribution in [1.29, 1.82) is 0 Å². The van der Waals surface area contributed by atoms with E-state index in [9.17, 15) is 13.9 Å². The van der Waals surface area contributed by atoms with Crippen molar-refractivity contribution in [1.82, 2.24) is 9.78 Å². The maximum atomic E-state index is 13.5. The van der Waals surface area contributed by atoms with Crippen LogP contribution < -0.4 is 0 Å². The van der Waals surface area contributed by atoms with Crippen LogP contribution in [0.3, 0.4) is 0 Å². The Kier molecular flexibility index (Phi) is 4.27. The van der Waals surface area contributed by atoms with Gasteiger partial charge in [0.2, 0.25) is 0 Å². The van der Waals surface area contributed by atoms with Crippen molar-refractivity contribution in [2.45, 2.75) is 32.4 Å². The zero-order chi connectivity index (χ0) is 13.8. The molecule has 0 aliphatic carbocycles. The molecule has 0 spiro atoms. The largest absolute Gasteiger partial charge is 0.388 e. The SMILES string of the molecule is CCCn1cc(C(O)Cc2ccc(F)cc2F)cn1. The molecule has 1 N–H and O–H groups in total. The van der Waals surface area contributed by atoms with E-state index in [0.717, 1.165) is 19.0 Å². The van der Waals surface area contributed by atoms with Crippen LogP contribution in [-0.2, 0) is 13.0 Å². The van der Waals surface area contributed by atoms with Crippen LogP contribution in [0.1, 0.15) is 30.6 Å². The fourth-order valence-electron chi connectivity index (χ4n) is 1.92. The van der Waals surface area contributed by atoms with Crippen LogP contribution in [0.25, 0.3) is 0 Å². The number of hydrogen-bond acceptors (Lipinski definition) is 2. The number of aromatic nitrogens is 2. The Hall–Kier alpha value is -1.75. The molecule has 0 aliphatic rings. The average Bonchev–Trinajstić information content (AvgIpc) is 2.82. The summed E-state index contributed by atoms with van der Waals surface area (Å²) in [6.45, 7) is 2.81. The first-order valence-corrected chi connectivity index (χ1v) is 6.24. The molecule has 1 atom stereocenters. The molecule has 0 aliphatic heterocycles. The number of benzene rings is 1. The highest BCUT2D eigenvalue weighted by atomic mass is 19.1. The molecule has 5 heteroatoms. The Morgan fingerprint density at radius 2 is 2.16 bits per heavy atom. The topological polar surface area (TPSA) is 38.0 Å². The second-order valence-corrected chi connectivity index (χ2v) is 4.49. The van der Waals surface area contributed by atoms with E-state index in [1.165, 1.54) is 12.1 Å². The molecule has 2 aromatic rings. The minimum absolute atomic E-state index is 0.101. The quantitative estimate of drug-likeness (QED) is 0.903. The van der Waals surface area contributed by atoms with Crippen LogP contribution in [0.15, 0.2) is 30.6 Å². The number of rotatable bonds is 5. The zero-order valence-electron chi connectivity index (χ0n) is 10.7. The third-order valence-corrected chi connectivity index (χ3v) is 2.92. The standard InChI is InChI=1S/C14H16F2N2O/c1-2-5-18-9-11(8-17-18)14(19)6-10-3-4-12(15)7-13(10)16/h3-4,7-9,14,19H,2,5-6H2,1H3. The fourth-order valence-corrected chi connectivity index (χ4v) is 1.92. The molecule has 3 nitrogen and oxygen atoms in total. The number of halogens is 2.